The van der Waals surface area contributed by atoms with Crippen molar-refractivity contribution in [2.24, 2.45) is 5.92 Å². The van der Waals surface area contributed by atoms with Crippen molar-refractivity contribution in [1.29, 1.82) is 0 Å². The zero-order valence-corrected chi connectivity index (χ0v) is 14.6. The molecule has 3 nitrogen and oxygen atoms in total. The van der Waals surface area contributed by atoms with Gasteiger partial charge in [0, 0.05) is 5.92 Å². The van der Waals surface area contributed by atoms with Gasteiger partial charge in [0.25, 0.3) is 0 Å². The lowest BCUT2D eigenvalue weighted by molar-refractivity contribution is -0.151. The summed E-state index contributed by atoms with van der Waals surface area (Å²) in [4.78, 5) is 25.1. The minimum atomic E-state index is -0.755. The Labute approximate surface area is 146 Å². The number of carbonyl (C=O) groups is 2. The fraction of sp³-hybridized carbons (Fsp3) is 0.300. The van der Waals surface area contributed by atoms with E-state index < -0.39 is 11.9 Å². The lowest BCUT2D eigenvalue weighted by Gasteiger charge is -2.29. The topological polar surface area (TPSA) is 43.4 Å². The summed E-state index contributed by atoms with van der Waals surface area (Å²) in [6, 6.07) is 10.1. The average molecular weight is 340 g/mol. The van der Waals surface area contributed by atoms with Gasteiger partial charge in [0.2, 0.25) is 0 Å². The third kappa shape index (κ3) is 3.34. The zero-order chi connectivity index (χ0) is 17.1. The second-order valence-electron chi connectivity index (χ2n) is 6.04. The SMILES string of the molecule is CCOC(=O)[C@@H]1C(=O)C=C(c2ccsc2)C[C@H]1c1cccc(C)c1. The molecule has 4 heteroatoms. The van der Waals surface area contributed by atoms with E-state index in [2.05, 4.69) is 6.07 Å². The van der Waals surface area contributed by atoms with Crippen molar-refractivity contribution in [2.75, 3.05) is 6.61 Å². The standard InChI is InChI=1S/C20H20O3S/c1-3-23-20(22)19-17(14-6-4-5-13(2)9-14)10-16(11-18(19)21)15-7-8-24-12-15/h4-9,11-12,17,19H,3,10H2,1-2H3/t17-,19-/m0/s1. The summed E-state index contributed by atoms with van der Waals surface area (Å²) in [7, 11) is 0. The number of benzene rings is 1. The van der Waals surface area contributed by atoms with Crippen LogP contribution in [0.1, 0.15) is 36.0 Å². The Bertz CT molecular complexity index is 774. The molecule has 3 rings (SSSR count). The van der Waals surface area contributed by atoms with Crippen LogP contribution in [0.3, 0.4) is 0 Å². The molecule has 0 N–H and O–H groups in total. The summed E-state index contributed by atoms with van der Waals surface area (Å²) >= 11 is 1.61. The number of ether oxygens (including phenoxy) is 1. The molecule has 0 spiro atoms. The largest absolute Gasteiger partial charge is 0.465 e. The number of ketones is 1. The Morgan fingerprint density at radius 3 is 2.83 bits per heavy atom. The molecule has 124 valence electrons. The van der Waals surface area contributed by atoms with Crippen LogP contribution in [0.15, 0.2) is 47.2 Å². The second-order valence-corrected chi connectivity index (χ2v) is 6.82. The lowest BCUT2D eigenvalue weighted by Crippen LogP contribution is -2.34. The van der Waals surface area contributed by atoms with Gasteiger partial charge in [-0.2, -0.15) is 11.3 Å². The molecule has 2 atom stereocenters. The summed E-state index contributed by atoms with van der Waals surface area (Å²) in [6.45, 7) is 4.06. The fourth-order valence-corrected chi connectivity index (χ4v) is 3.93. The summed E-state index contributed by atoms with van der Waals surface area (Å²) in [5.41, 5.74) is 4.19. The monoisotopic (exact) mass is 340 g/mol. The Balaban J connectivity index is 2.02. The predicted molar refractivity (Wildman–Crippen MR) is 96.0 cm³/mol. The Kier molecular flexibility index (Phi) is 4.95. The molecule has 0 bridgehead atoms. The van der Waals surface area contributed by atoms with E-state index in [9.17, 15) is 9.59 Å². The lowest BCUT2D eigenvalue weighted by atomic mass is 9.73. The van der Waals surface area contributed by atoms with Gasteiger partial charge in [0.05, 0.1) is 6.61 Å². The van der Waals surface area contributed by atoms with Gasteiger partial charge in [-0.05, 0) is 59.9 Å². The van der Waals surface area contributed by atoms with Crippen LogP contribution in [-0.4, -0.2) is 18.4 Å². The molecule has 0 unspecified atom stereocenters. The van der Waals surface area contributed by atoms with Crippen LogP contribution in [0.2, 0.25) is 0 Å². The van der Waals surface area contributed by atoms with E-state index in [-0.39, 0.29) is 18.3 Å². The van der Waals surface area contributed by atoms with Crippen molar-refractivity contribution in [3.05, 3.63) is 63.9 Å². The van der Waals surface area contributed by atoms with Crippen molar-refractivity contribution in [1.82, 2.24) is 0 Å². The predicted octanol–water partition coefficient (Wildman–Crippen LogP) is 4.38. The highest BCUT2D eigenvalue weighted by atomic mass is 32.1. The minimum absolute atomic E-state index is 0.160. The highest BCUT2D eigenvalue weighted by Gasteiger charge is 2.39. The molecule has 0 saturated carbocycles. The van der Waals surface area contributed by atoms with Crippen LogP contribution in [0.4, 0.5) is 0 Å². The molecule has 1 aliphatic carbocycles. The molecule has 0 aliphatic heterocycles. The van der Waals surface area contributed by atoms with E-state index in [0.717, 1.165) is 22.3 Å². The van der Waals surface area contributed by atoms with Crippen LogP contribution in [0, 0.1) is 12.8 Å². The number of rotatable bonds is 4. The van der Waals surface area contributed by atoms with Gasteiger partial charge in [-0.1, -0.05) is 29.8 Å². The summed E-state index contributed by atoms with van der Waals surface area (Å²) in [5.74, 6) is -1.52. The van der Waals surface area contributed by atoms with Crippen LogP contribution in [0.5, 0.6) is 0 Å². The second kappa shape index (κ2) is 7.14. The van der Waals surface area contributed by atoms with E-state index in [1.807, 2.05) is 41.9 Å². The van der Waals surface area contributed by atoms with Crippen molar-refractivity contribution < 1.29 is 14.3 Å². The Hall–Kier alpha value is -2.20. The minimum Gasteiger partial charge on any atom is -0.465 e. The highest BCUT2D eigenvalue weighted by Crippen LogP contribution is 2.40. The van der Waals surface area contributed by atoms with E-state index in [1.54, 1.807) is 24.3 Å². The third-order valence-electron chi connectivity index (χ3n) is 4.37. The maximum atomic E-state index is 12.7. The molecule has 24 heavy (non-hydrogen) atoms. The molecule has 1 aliphatic rings. The smallest absolute Gasteiger partial charge is 0.317 e. The molecule has 1 aromatic heterocycles. The number of allylic oxidation sites excluding steroid dienone is 2. The van der Waals surface area contributed by atoms with Gasteiger partial charge in [0.15, 0.2) is 5.78 Å². The summed E-state index contributed by atoms with van der Waals surface area (Å²) in [6.07, 6.45) is 2.28. The van der Waals surface area contributed by atoms with Gasteiger partial charge in [-0.25, -0.2) is 0 Å². The maximum Gasteiger partial charge on any atom is 0.317 e. The van der Waals surface area contributed by atoms with Gasteiger partial charge in [-0.15, -0.1) is 0 Å². The van der Waals surface area contributed by atoms with Crippen LogP contribution in [-0.2, 0) is 14.3 Å². The first kappa shape index (κ1) is 16.7. The third-order valence-corrected chi connectivity index (χ3v) is 5.05. The number of aryl methyl sites for hydroxylation is 1. The fourth-order valence-electron chi connectivity index (χ4n) is 3.25. The van der Waals surface area contributed by atoms with Gasteiger partial charge < -0.3 is 4.74 Å². The molecule has 1 heterocycles. The number of hydrogen-bond donors (Lipinski definition) is 0. The molecule has 0 fully saturated rings. The van der Waals surface area contributed by atoms with E-state index in [4.69, 9.17) is 4.74 Å². The van der Waals surface area contributed by atoms with Crippen LogP contribution in [0.25, 0.3) is 5.57 Å². The van der Waals surface area contributed by atoms with Crippen molar-refractivity contribution >= 4 is 28.7 Å². The van der Waals surface area contributed by atoms with E-state index in [1.165, 1.54) is 0 Å². The summed E-state index contributed by atoms with van der Waals surface area (Å²) in [5, 5.41) is 4.04. The molecule has 0 radical (unpaired) electrons. The van der Waals surface area contributed by atoms with Crippen LogP contribution >= 0.6 is 11.3 Å². The Morgan fingerprint density at radius 1 is 1.33 bits per heavy atom. The summed E-state index contributed by atoms with van der Waals surface area (Å²) < 4.78 is 5.17. The highest BCUT2D eigenvalue weighted by molar-refractivity contribution is 7.08. The van der Waals surface area contributed by atoms with Crippen molar-refractivity contribution in [2.45, 2.75) is 26.2 Å². The quantitative estimate of drug-likeness (QED) is 0.613. The average Bonchev–Trinajstić information content (AvgIpc) is 3.08. The normalized spacial score (nSPS) is 20.6. The Morgan fingerprint density at radius 2 is 2.17 bits per heavy atom. The molecule has 2 aromatic rings. The van der Waals surface area contributed by atoms with Crippen molar-refractivity contribution in [3.8, 4) is 0 Å². The first-order valence-electron chi connectivity index (χ1n) is 8.10. The van der Waals surface area contributed by atoms with Gasteiger partial charge in [0.1, 0.15) is 5.92 Å². The van der Waals surface area contributed by atoms with Gasteiger partial charge in [-0.3, -0.25) is 9.59 Å². The van der Waals surface area contributed by atoms with Crippen LogP contribution < -0.4 is 0 Å². The number of hydrogen-bond acceptors (Lipinski definition) is 4. The van der Waals surface area contributed by atoms with E-state index in [0.29, 0.717) is 6.42 Å². The number of carbonyl (C=O) groups excluding carboxylic acids is 2. The van der Waals surface area contributed by atoms with Crippen molar-refractivity contribution in [3.63, 3.8) is 0 Å². The molecule has 0 amide bonds. The maximum absolute atomic E-state index is 12.7. The number of esters is 1. The van der Waals surface area contributed by atoms with Gasteiger partial charge >= 0.3 is 5.97 Å². The zero-order valence-electron chi connectivity index (χ0n) is 13.8. The first-order chi connectivity index (χ1) is 11.6. The molecule has 0 saturated heterocycles. The molecular formula is C20H20O3S. The first-order valence-corrected chi connectivity index (χ1v) is 9.04. The molecular weight excluding hydrogens is 320 g/mol. The molecule has 1 aromatic carbocycles. The van der Waals surface area contributed by atoms with E-state index >= 15 is 0 Å². The number of thiophene rings is 1.